The standard InChI is InChI=1S/C11H7ClN2O2S/c1-17(15)11-9(6-13)10(16-14-11)7-2-4-8(12)5-3-7/h2-5H,1H3. The summed E-state index contributed by atoms with van der Waals surface area (Å²) < 4.78 is 16.4. The minimum atomic E-state index is -1.35. The molecule has 1 aromatic heterocycles. The Hall–Kier alpha value is -1.64. The maximum absolute atomic E-state index is 11.3. The summed E-state index contributed by atoms with van der Waals surface area (Å²) >= 11 is 5.77. The van der Waals surface area contributed by atoms with Crippen molar-refractivity contribution in [2.75, 3.05) is 6.26 Å². The molecule has 2 rings (SSSR count). The van der Waals surface area contributed by atoms with E-state index in [2.05, 4.69) is 5.16 Å². The second kappa shape index (κ2) is 4.70. The monoisotopic (exact) mass is 266 g/mol. The summed E-state index contributed by atoms with van der Waals surface area (Å²) in [6, 6.07) is 8.75. The Morgan fingerprint density at radius 3 is 2.59 bits per heavy atom. The second-order valence-corrected chi connectivity index (χ2v) is 5.00. The third-order valence-electron chi connectivity index (χ3n) is 2.15. The smallest absolute Gasteiger partial charge is 0.188 e. The van der Waals surface area contributed by atoms with E-state index in [1.165, 1.54) is 6.26 Å². The molecule has 0 N–H and O–H groups in total. The molecule has 1 unspecified atom stereocenters. The molecule has 0 fully saturated rings. The first-order valence-corrected chi connectivity index (χ1v) is 6.56. The number of rotatable bonds is 2. The Kier molecular flexibility index (Phi) is 3.27. The molecule has 2 aromatic rings. The zero-order valence-electron chi connectivity index (χ0n) is 8.81. The van der Waals surface area contributed by atoms with Crippen LogP contribution in [0.4, 0.5) is 0 Å². The van der Waals surface area contributed by atoms with Crippen molar-refractivity contribution < 1.29 is 8.73 Å². The lowest BCUT2D eigenvalue weighted by Gasteiger charge is -1.96. The Bertz CT molecular complexity index is 613. The molecule has 1 heterocycles. The molecule has 0 amide bonds. The van der Waals surface area contributed by atoms with Gasteiger partial charge in [0.15, 0.2) is 10.8 Å². The van der Waals surface area contributed by atoms with Crippen molar-refractivity contribution in [1.82, 2.24) is 5.16 Å². The minimum Gasteiger partial charge on any atom is -0.354 e. The molecule has 17 heavy (non-hydrogen) atoms. The molecule has 0 radical (unpaired) electrons. The molecule has 1 aromatic carbocycles. The lowest BCUT2D eigenvalue weighted by molar-refractivity contribution is 0.414. The summed E-state index contributed by atoms with van der Waals surface area (Å²) in [6.07, 6.45) is 1.45. The third-order valence-corrected chi connectivity index (χ3v) is 3.23. The van der Waals surface area contributed by atoms with Crippen molar-refractivity contribution in [2.24, 2.45) is 0 Å². The van der Waals surface area contributed by atoms with Crippen molar-refractivity contribution in [3.05, 3.63) is 34.9 Å². The highest BCUT2D eigenvalue weighted by Crippen LogP contribution is 2.28. The van der Waals surface area contributed by atoms with E-state index in [-0.39, 0.29) is 10.6 Å². The average Bonchev–Trinajstić information content (AvgIpc) is 2.73. The topological polar surface area (TPSA) is 66.9 Å². The first-order valence-electron chi connectivity index (χ1n) is 4.62. The van der Waals surface area contributed by atoms with Crippen LogP contribution in [0, 0.1) is 11.3 Å². The van der Waals surface area contributed by atoms with E-state index in [0.29, 0.717) is 16.3 Å². The van der Waals surface area contributed by atoms with Gasteiger partial charge in [0.05, 0.1) is 10.8 Å². The Balaban J connectivity index is 2.57. The average molecular weight is 267 g/mol. The number of halogens is 1. The predicted molar refractivity (Wildman–Crippen MR) is 64.0 cm³/mol. The van der Waals surface area contributed by atoms with E-state index < -0.39 is 10.8 Å². The SMILES string of the molecule is CS(=O)c1noc(-c2ccc(Cl)cc2)c1C#N. The fourth-order valence-electron chi connectivity index (χ4n) is 1.37. The number of aromatic nitrogens is 1. The summed E-state index contributed by atoms with van der Waals surface area (Å²) in [7, 11) is -1.35. The van der Waals surface area contributed by atoms with Crippen LogP contribution < -0.4 is 0 Å². The molecule has 0 saturated heterocycles. The lowest BCUT2D eigenvalue weighted by Crippen LogP contribution is -1.90. The first-order chi connectivity index (χ1) is 8.13. The summed E-state index contributed by atoms with van der Waals surface area (Å²) in [5.41, 5.74) is 0.878. The molecular formula is C11H7ClN2O2S. The molecule has 0 saturated carbocycles. The van der Waals surface area contributed by atoms with Crippen LogP contribution >= 0.6 is 11.6 Å². The fraction of sp³-hybridized carbons (Fsp3) is 0.0909. The second-order valence-electron chi connectivity index (χ2n) is 3.26. The van der Waals surface area contributed by atoms with Crippen LogP contribution in [0.3, 0.4) is 0 Å². The van der Waals surface area contributed by atoms with E-state index in [1.54, 1.807) is 24.3 Å². The van der Waals surface area contributed by atoms with Gasteiger partial charge in [-0.25, -0.2) is 0 Å². The van der Waals surface area contributed by atoms with E-state index in [1.807, 2.05) is 6.07 Å². The van der Waals surface area contributed by atoms with Gasteiger partial charge >= 0.3 is 0 Å². The summed E-state index contributed by atoms with van der Waals surface area (Å²) in [5.74, 6) is 0.314. The summed E-state index contributed by atoms with van der Waals surface area (Å²) in [5, 5.41) is 13.5. The normalized spacial score (nSPS) is 12.1. The first kappa shape index (κ1) is 11.8. The van der Waals surface area contributed by atoms with Gasteiger partial charge in [0.25, 0.3) is 0 Å². The molecule has 4 nitrogen and oxygen atoms in total. The number of nitriles is 1. The van der Waals surface area contributed by atoms with E-state index >= 15 is 0 Å². The van der Waals surface area contributed by atoms with Crippen LogP contribution in [0.15, 0.2) is 33.8 Å². The quantitative estimate of drug-likeness (QED) is 0.838. The molecule has 86 valence electrons. The summed E-state index contributed by atoms with van der Waals surface area (Å²) in [4.78, 5) is 0. The number of hydrogen-bond acceptors (Lipinski definition) is 4. The van der Waals surface area contributed by atoms with Gasteiger partial charge in [-0.1, -0.05) is 16.8 Å². The molecule has 0 aliphatic heterocycles. The molecule has 0 spiro atoms. The highest BCUT2D eigenvalue weighted by atomic mass is 35.5. The van der Waals surface area contributed by atoms with Gasteiger partial charge in [0.1, 0.15) is 11.6 Å². The van der Waals surface area contributed by atoms with E-state index in [4.69, 9.17) is 21.4 Å². The van der Waals surface area contributed by atoms with Crippen LogP contribution in [0.1, 0.15) is 5.56 Å². The van der Waals surface area contributed by atoms with Gasteiger partial charge in [-0.2, -0.15) is 5.26 Å². The van der Waals surface area contributed by atoms with E-state index in [9.17, 15) is 4.21 Å². The highest BCUT2D eigenvalue weighted by molar-refractivity contribution is 7.84. The van der Waals surface area contributed by atoms with Crippen LogP contribution in [0.5, 0.6) is 0 Å². The largest absolute Gasteiger partial charge is 0.354 e. The fourth-order valence-corrected chi connectivity index (χ4v) is 2.06. The van der Waals surface area contributed by atoms with Gasteiger partial charge in [-0.05, 0) is 24.3 Å². The maximum Gasteiger partial charge on any atom is 0.188 e. The highest BCUT2D eigenvalue weighted by Gasteiger charge is 2.19. The Morgan fingerprint density at radius 1 is 1.41 bits per heavy atom. The molecular weight excluding hydrogens is 260 g/mol. The molecule has 0 aliphatic rings. The Morgan fingerprint density at radius 2 is 2.06 bits per heavy atom. The Labute approximate surface area is 105 Å². The van der Waals surface area contributed by atoms with Crippen molar-refractivity contribution in [2.45, 2.75) is 5.03 Å². The predicted octanol–water partition coefficient (Wildman–Crippen LogP) is 2.60. The third kappa shape index (κ3) is 2.23. The van der Waals surface area contributed by atoms with Gasteiger partial charge in [-0.3, -0.25) is 4.21 Å². The van der Waals surface area contributed by atoms with Crippen molar-refractivity contribution >= 4 is 22.4 Å². The zero-order chi connectivity index (χ0) is 12.4. The van der Waals surface area contributed by atoms with Crippen LogP contribution in [-0.4, -0.2) is 15.6 Å². The number of benzene rings is 1. The van der Waals surface area contributed by atoms with Crippen molar-refractivity contribution in [1.29, 1.82) is 5.26 Å². The van der Waals surface area contributed by atoms with Gasteiger partial charge in [0.2, 0.25) is 0 Å². The van der Waals surface area contributed by atoms with Crippen LogP contribution in [0.2, 0.25) is 5.02 Å². The molecule has 0 aliphatic carbocycles. The van der Waals surface area contributed by atoms with Gasteiger partial charge in [-0.15, -0.1) is 0 Å². The zero-order valence-corrected chi connectivity index (χ0v) is 10.4. The van der Waals surface area contributed by atoms with Crippen LogP contribution in [-0.2, 0) is 10.8 Å². The number of nitrogens with zero attached hydrogens (tertiary/aromatic N) is 2. The van der Waals surface area contributed by atoms with Gasteiger partial charge < -0.3 is 4.52 Å². The van der Waals surface area contributed by atoms with Crippen molar-refractivity contribution in [3.63, 3.8) is 0 Å². The number of hydrogen-bond donors (Lipinski definition) is 0. The van der Waals surface area contributed by atoms with Crippen molar-refractivity contribution in [3.8, 4) is 17.4 Å². The maximum atomic E-state index is 11.3. The lowest BCUT2D eigenvalue weighted by atomic mass is 10.1. The van der Waals surface area contributed by atoms with Gasteiger partial charge in [0, 0.05) is 16.8 Å². The molecule has 6 heteroatoms. The van der Waals surface area contributed by atoms with Crippen LogP contribution in [0.25, 0.3) is 11.3 Å². The molecule has 0 bridgehead atoms. The summed E-state index contributed by atoms with van der Waals surface area (Å²) in [6.45, 7) is 0. The minimum absolute atomic E-state index is 0.164. The molecule has 1 atom stereocenters. The van der Waals surface area contributed by atoms with E-state index in [0.717, 1.165) is 0 Å².